The van der Waals surface area contributed by atoms with Crippen molar-refractivity contribution in [3.63, 3.8) is 0 Å². The highest BCUT2D eigenvalue weighted by molar-refractivity contribution is 6.01. The molecule has 2 heterocycles. The van der Waals surface area contributed by atoms with Crippen LogP contribution in [0.1, 0.15) is 48.4 Å². The number of aromatic nitrogens is 2. The van der Waals surface area contributed by atoms with Gasteiger partial charge in [0.05, 0.1) is 21.5 Å². The summed E-state index contributed by atoms with van der Waals surface area (Å²) in [5.74, 6) is 0.288. The van der Waals surface area contributed by atoms with E-state index in [2.05, 4.69) is 69.6 Å². The maximum Gasteiger partial charge on any atom is 0.277 e. The molecular weight excluding hydrogens is 725 g/mol. The smallest absolute Gasteiger partial charge is 0.277 e. The summed E-state index contributed by atoms with van der Waals surface area (Å²) in [6, 6.07) is 38.0. The lowest BCUT2D eigenvalue weighted by Gasteiger charge is -2.20. The number of amides is 2. The Morgan fingerprint density at radius 1 is 0.500 bits per heavy atom. The number of carbonyl (C=O) groups excluding carboxylic acids is 2. The van der Waals surface area contributed by atoms with Crippen molar-refractivity contribution in [3.8, 4) is 22.9 Å². The Hall–Kier alpha value is -7.20. The lowest BCUT2D eigenvalue weighted by molar-refractivity contribution is -0.332. The number of nitrogens with one attached hydrogen (secondary N) is 2. The third-order valence-corrected chi connectivity index (χ3v) is 10.9. The molecule has 5 aromatic rings. The van der Waals surface area contributed by atoms with Gasteiger partial charge in [0.1, 0.15) is 0 Å². The third kappa shape index (κ3) is 6.52. The third-order valence-electron chi connectivity index (χ3n) is 10.9. The molecule has 2 N–H and O–H groups in total. The summed E-state index contributed by atoms with van der Waals surface area (Å²) in [5, 5.41) is 4.37. The molecule has 10 heteroatoms. The molecule has 2 aliphatic carbocycles. The Morgan fingerprint density at radius 2 is 0.879 bits per heavy atom. The van der Waals surface area contributed by atoms with Crippen molar-refractivity contribution >= 4 is 66.9 Å². The largest absolute Gasteiger partial charge is 0.443 e. The average Bonchev–Trinajstić information content (AvgIpc) is 3.26. The second-order valence-electron chi connectivity index (χ2n) is 14.2. The van der Waals surface area contributed by atoms with E-state index >= 15 is 0 Å². The van der Waals surface area contributed by atoms with E-state index in [1.165, 1.54) is 0 Å². The molecule has 0 unspecified atom stereocenters. The van der Waals surface area contributed by atoms with Crippen LogP contribution in [0.3, 0.4) is 0 Å². The fourth-order valence-electron chi connectivity index (χ4n) is 7.84. The molecule has 0 atom stereocenters. The SMILES string of the molecule is CCN(CC)c1ccc2[nH+]c3c4ccccc4c(=NC(=O)c4ccc(C(=O)N=c5cc6oc7cc(N(CC)CC)ccc7[nH+]c-6c6ccccc56)cc4)cc-3oc2c1. The van der Waals surface area contributed by atoms with Gasteiger partial charge in [0.25, 0.3) is 23.2 Å². The minimum absolute atomic E-state index is 0.341. The predicted molar refractivity (Wildman–Crippen MR) is 227 cm³/mol. The van der Waals surface area contributed by atoms with Crippen molar-refractivity contribution in [2.75, 3.05) is 36.0 Å². The van der Waals surface area contributed by atoms with Crippen LogP contribution < -0.4 is 30.5 Å². The number of fused-ring (bicyclic) bond motifs is 8. The second kappa shape index (κ2) is 15.0. The molecule has 0 bridgehead atoms. The molecule has 0 fully saturated rings. The van der Waals surface area contributed by atoms with Gasteiger partial charge in [-0.1, -0.05) is 36.4 Å². The van der Waals surface area contributed by atoms with Crippen LogP contribution in [-0.2, 0) is 0 Å². The van der Waals surface area contributed by atoms with Gasteiger partial charge in [-0.05, 0) is 76.2 Å². The molecule has 286 valence electrons. The topological polar surface area (TPSA) is 120 Å². The first-order chi connectivity index (χ1) is 28.3. The average molecular weight is 767 g/mol. The lowest BCUT2D eigenvalue weighted by Crippen LogP contribution is -2.22. The molecule has 2 aliphatic heterocycles. The minimum atomic E-state index is -0.441. The van der Waals surface area contributed by atoms with Crippen LogP contribution in [0.2, 0.25) is 0 Å². The van der Waals surface area contributed by atoms with E-state index in [-0.39, 0.29) is 0 Å². The molecule has 0 saturated heterocycles. The fourth-order valence-corrected chi connectivity index (χ4v) is 7.84. The number of hydrogen-bond donors (Lipinski definition) is 0. The summed E-state index contributed by atoms with van der Waals surface area (Å²) >= 11 is 0. The fraction of sp³-hybridized carbons (Fsp3) is 0.167. The van der Waals surface area contributed by atoms with Gasteiger partial charge in [-0.2, -0.15) is 9.97 Å². The number of aromatic amines is 2. The highest BCUT2D eigenvalue weighted by Gasteiger charge is 2.23. The summed E-state index contributed by atoms with van der Waals surface area (Å²) in [6.07, 6.45) is 0. The van der Waals surface area contributed by atoms with Gasteiger partial charge in [0, 0.05) is 95.9 Å². The predicted octanol–water partition coefficient (Wildman–Crippen LogP) is 8.50. The second-order valence-corrected chi connectivity index (χ2v) is 14.2. The zero-order valence-corrected chi connectivity index (χ0v) is 32.8. The number of hydrogen-bond acceptors (Lipinski definition) is 6. The van der Waals surface area contributed by atoms with Crippen LogP contribution in [0, 0.1) is 0 Å². The van der Waals surface area contributed by atoms with Gasteiger partial charge < -0.3 is 18.6 Å². The molecule has 0 aromatic heterocycles. The Kier molecular flexibility index (Phi) is 9.45. The van der Waals surface area contributed by atoms with Gasteiger partial charge in [-0.3, -0.25) is 9.59 Å². The first-order valence-electron chi connectivity index (χ1n) is 19.8. The van der Waals surface area contributed by atoms with Crippen LogP contribution in [0.4, 0.5) is 11.4 Å². The van der Waals surface area contributed by atoms with Crippen molar-refractivity contribution in [3.05, 3.63) is 143 Å². The first-order valence-corrected chi connectivity index (χ1v) is 19.8. The zero-order chi connectivity index (χ0) is 39.9. The standard InChI is InChI=1S/C48H40N6O4/c1-5-53(6-2)31-21-23-37-41(25-31)57-43-27-39(33-13-9-11-15-35(33)45(43)49-37)51-47(55)29-17-19-30(20-18-29)48(56)52-40-28-44-46(36-16-12-10-14-34(36)40)50-38-24-22-32(26-42(38)58-44)54(7-3)8-4/h9-28H,5-8H2,1-4H3/p+2. The highest BCUT2D eigenvalue weighted by atomic mass is 16.3. The lowest BCUT2D eigenvalue weighted by atomic mass is 10.0. The molecule has 0 radical (unpaired) electrons. The van der Waals surface area contributed by atoms with Crippen LogP contribution in [0.5, 0.6) is 0 Å². The summed E-state index contributed by atoms with van der Waals surface area (Å²) in [4.78, 5) is 48.1. The van der Waals surface area contributed by atoms with E-state index in [0.717, 1.165) is 81.5 Å². The Bertz CT molecular complexity index is 2910. The van der Waals surface area contributed by atoms with Crippen molar-refractivity contribution in [1.82, 2.24) is 0 Å². The molecule has 58 heavy (non-hydrogen) atoms. The number of anilines is 2. The number of nitrogens with zero attached hydrogens (tertiary/aromatic N) is 4. The maximum atomic E-state index is 13.7. The summed E-state index contributed by atoms with van der Waals surface area (Å²) in [6.45, 7) is 12.0. The Morgan fingerprint density at radius 3 is 1.26 bits per heavy atom. The summed E-state index contributed by atoms with van der Waals surface area (Å²) < 4.78 is 12.9. The molecule has 9 rings (SSSR count). The van der Waals surface area contributed by atoms with Crippen LogP contribution in [-0.4, -0.2) is 38.0 Å². The number of carbonyl (C=O) groups is 2. The van der Waals surface area contributed by atoms with Gasteiger partial charge in [0.2, 0.25) is 33.7 Å². The Balaban J connectivity index is 1.06. The molecule has 0 spiro atoms. The van der Waals surface area contributed by atoms with E-state index in [0.29, 0.717) is 44.5 Å². The maximum absolute atomic E-state index is 13.7. The van der Waals surface area contributed by atoms with Crippen LogP contribution >= 0.6 is 0 Å². The highest BCUT2D eigenvalue weighted by Crippen LogP contribution is 2.31. The van der Waals surface area contributed by atoms with Gasteiger partial charge in [-0.15, -0.1) is 0 Å². The normalized spacial score (nSPS) is 12.4. The Labute approximate surface area is 334 Å². The minimum Gasteiger partial charge on any atom is -0.443 e. The van der Waals surface area contributed by atoms with Crippen molar-refractivity contribution < 1.29 is 28.4 Å². The van der Waals surface area contributed by atoms with Gasteiger partial charge in [-0.25, -0.2) is 9.98 Å². The first kappa shape index (κ1) is 36.4. The number of rotatable bonds is 8. The summed E-state index contributed by atoms with van der Waals surface area (Å²) in [7, 11) is 0. The van der Waals surface area contributed by atoms with E-state index < -0.39 is 11.8 Å². The van der Waals surface area contributed by atoms with Crippen molar-refractivity contribution in [2.24, 2.45) is 9.98 Å². The van der Waals surface area contributed by atoms with Crippen LogP contribution in [0.15, 0.2) is 140 Å². The number of benzene rings is 7. The van der Waals surface area contributed by atoms with Crippen molar-refractivity contribution in [1.29, 1.82) is 0 Å². The van der Waals surface area contributed by atoms with E-state index in [9.17, 15) is 9.59 Å². The van der Waals surface area contributed by atoms with Gasteiger partial charge in [0.15, 0.2) is 0 Å². The van der Waals surface area contributed by atoms with Crippen LogP contribution in [0.25, 0.3) is 66.7 Å². The molecule has 2 amide bonds. The summed E-state index contributed by atoms with van der Waals surface area (Å²) in [5.41, 5.74) is 7.62. The zero-order valence-electron chi connectivity index (χ0n) is 32.8. The molecular formula is C48H42N6O4+2. The van der Waals surface area contributed by atoms with E-state index in [4.69, 9.17) is 8.83 Å². The van der Waals surface area contributed by atoms with Gasteiger partial charge >= 0.3 is 0 Å². The molecule has 0 saturated carbocycles. The quantitative estimate of drug-likeness (QED) is 0.113. The van der Waals surface area contributed by atoms with E-state index in [1.54, 1.807) is 36.4 Å². The molecule has 10 nitrogen and oxygen atoms in total. The monoisotopic (exact) mass is 766 g/mol. The number of H-pyrrole nitrogens is 2. The van der Waals surface area contributed by atoms with Crippen molar-refractivity contribution in [2.45, 2.75) is 27.7 Å². The van der Waals surface area contributed by atoms with E-state index in [1.807, 2.05) is 72.8 Å². The molecule has 4 aliphatic rings. The molecule has 5 aromatic carbocycles.